The minimum absolute atomic E-state index is 0.735. The van der Waals surface area contributed by atoms with Gasteiger partial charge in [-0.1, -0.05) is 47.0 Å². The highest BCUT2D eigenvalue weighted by Crippen LogP contribution is 2.33. The van der Waals surface area contributed by atoms with Gasteiger partial charge < -0.3 is 5.32 Å². The fourth-order valence-corrected chi connectivity index (χ4v) is 4.61. The van der Waals surface area contributed by atoms with Crippen molar-refractivity contribution in [3.05, 3.63) is 0 Å². The summed E-state index contributed by atoms with van der Waals surface area (Å²) in [7, 11) is 0. The molecular formula is C19H38N2. The van der Waals surface area contributed by atoms with Crippen molar-refractivity contribution < 1.29 is 0 Å². The Morgan fingerprint density at radius 3 is 2.24 bits per heavy atom. The van der Waals surface area contributed by atoms with Crippen molar-refractivity contribution in [1.82, 2.24) is 10.2 Å². The van der Waals surface area contributed by atoms with E-state index in [9.17, 15) is 0 Å². The van der Waals surface area contributed by atoms with Gasteiger partial charge in [0.25, 0.3) is 0 Å². The molecule has 1 N–H and O–H groups in total. The van der Waals surface area contributed by atoms with Crippen molar-refractivity contribution in [2.24, 2.45) is 11.8 Å². The van der Waals surface area contributed by atoms with Gasteiger partial charge in [0.05, 0.1) is 0 Å². The summed E-state index contributed by atoms with van der Waals surface area (Å²) in [4.78, 5) is 2.91. The molecule has 2 unspecified atom stereocenters. The number of hydrogen-bond donors (Lipinski definition) is 1. The van der Waals surface area contributed by atoms with E-state index in [0.717, 1.165) is 30.0 Å². The summed E-state index contributed by atoms with van der Waals surface area (Å²) in [6.07, 6.45) is 11.3. The van der Waals surface area contributed by atoms with Crippen LogP contribution in [0.2, 0.25) is 0 Å². The van der Waals surface area contributed by atoms with E-state index >= 15 is 0 Å². The lowest BCUT2D eigenvalue weighted by Crippen LogP contribution is -2.61. The standard InChI is InChI=1S/C19H38N2/c1-5-7-16-9-11-18(12-10-16)21-14-17(8-6-2)20-13-19(21)15(3)4/h15-20H,5-14H2,1-4H3. The maximum atomic E-state index is 3.81. The highest BCUT2D eigenvalue weighted by atomic mass is 15.3. The molecule has 2 heteroatoms. The Bertz CT molecular complexity index is 281. The maximum absolute atomic E-state index is 3.81. The Morgan fingerprint density at radius 2 is 1.67 bits per heavy atom. The molecule has 0 aromatic heterocycles. The van der Waals surface area contributed by atoms with E-state index in [1.807, 2.05) is 0 Å². The molecule has 0 spiro atoms. The molecule has 0 amide bonds. The normalized spacial score (nSPS) is 35.3. The van der Waals surface area contributed by atoms with Gasteiger partial charge in [0.2, 0.25) is 0 Å². The van der Waals surface area contributed by atoms with Gasteiger partial charge in [-0.15, -0.1) is 0 Å². The summed E-state index contributed by atoms with van der Waals surface area (Å²) >= 11 is 0. The van der Waals surface area contributed by atoms with Crippen molar-refractivity contribution in [2.45, 2.75) is 97.2 Å². The Labute approximate surface area is 133 Å². The van der Waals surface area contributed by atoms with Crippen LogP contribution in [0.3, 0.4) is 0 Å². The van der Waals surface area contributed by atoms with Crippen LogP contribution in [-0.2, 0) is 0 Å². The minimum Gasteiger partial charge on any atom is -0.311 e. The number of piperazine rings is 1. The van der Waals surface area contributed by atoms with Gasteiger partial charge in [0.1, 0.15) is 0 Å². The largest absolute Gasteiger partial charge is 0.311 e. The number of hydrogen-bond acceptors (Lipinski definition) is 2. The number of nitrogens with one attached hydrogen (secondary N) is 1. The second-order valence-electron chi connectivity index (χ2n) is 7.87. The van der Waals surface area contributed by atoms with Gasteiger partial charge >= 0.3 is 0 Å². The Kier molecular flexibility index (Phi) is 7.01. The van der Waals surface area contributed by atoms with E-state index < -0.39 is 0 Å². The first-order valence-electron chi connectivity index (χ1n) is 9.64. The lowest BCUT2D eigenvalue weighted by atomic mass is 9.81. The van der Waals surface area contributed by atoms with Crippen molar-refractivity contribution in [1.29, 1.82) is 0 Å². The summed E-state index contributed by atoms with van der Waals surface area (Å²) < 4.78 is 0. The van der Waals surface area contributed by atoms with Gasteiger partial charge in [-0.05, 0) is 43.9 Å². The van der Waals surface area contributed by atoms with Crippen LogP contribution in [0.25, 0.3) is 0 Å². The lowest BCUT2D eigenvalue weighted by Gasteiger charge is -2.48. The molecule has 2 atom stereocenters. The third-order valence-corrected chi connectivity index (χ3v) is 5.86. The van der Waals surface area contributed by atoms with Crippen molar-refractivity contribution in [3.8, 4) is 0 Å². The van der Waals surface area contributed by atoms with Crippen LogP contribution < -0.4 is 5.32 Å². The fraction of sp³-hybridized carbons (Fsp3) is 1.00. The van der Waals surface area contributed by atoms with E-state index in [-0.39, 0.29) is 0 Å². The molecule has 2 nitrogen and oxygen atoms in total. The predicted molar refractivity (Wildman–Crippen MR) is 92.7 cm³/mol. The van der Waals surface area contributed by atoms with Crippen LogP contribution in [0.5, 0.6) is 0 Å². The smallest absolute Gasteiger partial charge is 0.0247 e. The molecule has 0 aromatic rings. The van der Waals surface area contributed by atoms with E-state index in [1.165, 1.54) is 64.5 Å². The van der Waals surface area contributed by atoms with E-state index in [4.69, 9.17) is 0 Å². The van der Waals surface area contributed by atoms with Crippen LogP contribution in [0, 0.1) is 11.8 Å². The van der Waals surface area contributed by atoms with Gasteiger partial charge in [0, 0.05) is 31.2 Å². The van der Waals surface area contributed by atoms with Crippen molar-refractivity contribution >= 4 is 0 Å². The first-order chi connectivity index (χ1) is 10.2. The van der Waals surface area contributed by atoms with E-state index in [1.54, 1.807) is 0 Å². The summed E-state index contributed by atoms with van der Waals surface area (Å²) in [5.41, 5.74) is 0. The molecular weight excluding hydrogens is 256 g/mol. The van der Waals surface area contributed by atoms with E-state index in [2.05, 4.69) is 37.9 Å². The number of nitrogens with zero attached hydrogens (tertiary/aromatic N) is 1. The summed E-state index contributed by atoms with van der Waals surface area (Å²) in [5.74, 6) is 1.80. The SMILES string of the molecule is CCCC1CCC(N2CC(CCC)NCC2C(C)C)CC1. The zero-order valence-electron chi connectivity index (χ0n) is 14.9. The Hall–Kier alpha value is -0.0800. The highest BCUT2D eigenvalue weighted by Gasteiger charge is 2.35. The van der Waals surface area contributed by atoms with E-state index in [0.29, 0.717) is 0 Å². The summed E-state index contributed by atoms with van der Waals surface area (Å²) in [5, 5.41) is 3.81. The lowest BCUT2D eigenvalue weighted by molar-refractivity contribution is 0.0299. The molecule has 1 aliphatic carbocycles. The molecule has 2 rings (SSSR count). The van der Waals surface area contributed by atoms with Crippen molar-refractivity contribution in [3.63, 3.8) is 0 Å². The molecule has 1 heterocycles. The average Bonchev–Trinajstić information content (AvgIpc) is 2.48. The first-order valence-corrected chi connectivity index (χ1v) is 9.64. The molecule has 124 valence electrons. The molecule has 1 saturated carbocycles. The van der Waals surface area contributed by atoms with Crippen LogP contribution >= 0.6 is 0 Å². The quantitative estimate of drug-likeness (QED) is 0.779. The highest BCUT2D eigenvalue weighted by molar-refractivity contribution is 4.92. The third kappa shape index (κ3) is 4.69. The Morgan fingerprint density at radius 1 is 1.00 bits per heavy atom. The summed E-state index contributed by atoms with van der Waals surface area (Å²) in [6.45, 7) is 12.0. The van der Waals surface area contributed by atoms with Crippen LogP contribution in [0.4, 0.5) is 0 Å². The van der Waals surface area contributed by atoms with Crippen LogP contribution in [0.1, 0.15) is 79.1 Å². The van der Waals surface area contributed by atoms with Gasteiger partial charge in [-0.25, -0.2) is 0 Å². The first kappa shape index (κ1) is 17.3. The molecule has 0 radical (unpaired) electrons. The molecule has 1 aliphatic heterocycles. The molecule has 0 aromatic carbocycles. The molecule has 0 bridgehead atoms. The maximum Gasteiger partial charge on any atom is 0.0247 e. The van der Waals surface area contributed by atoms with Crippen LogP contribution in [0.15, 0.2) is 0 Å². The molecule has 1 saturated heterocycles. The average molecular weight is 295 g/mol. The Balaban J connectivity index is 1.93. The zero-order chi connectivity index (χ0) is 15.2. The minimum atomic E-state index is 0.735. The fourth-order valence-electron chi connectivity index (χ4n) is 4.61. The summed E-state index contributed by atoms with van der Waals surface area (Å²) in [6, 6.07) is 2.36. The molecule has 2 fully saturated rings. The van der Waals surface area contributed by atoms with Crippen molar-refractivity contribution in [2.75, 3.05) is 13.1 Å². The van der Waals surface area contributed by atoms with Gasteiger partial charge in [-0.3, -0.25) is 4.90 Å². The van der Waals surface area contributed by atoms with Gasteiger partial charge in [-0.2, -0.15) is 0 Å². The molecule has 21 heavy (non-hydrogen) atoms. The zero-order valence-corrected chi connectivity index (χ0v) is 14.9. The second kappa shape index (κ2) is 8.53. The monoisotopic (exact) mass is 294 g/mol. The predicted octanol–water partition coefficient (Wildman–Crippen LogP) is 4.44. The second-order valence-corrected chi connectivity index (χ2v) is 7.87. The van der Waals surface area contributed by atoms with Crippen LogP contribution in [-0.4, -0.2) is 36.1 Å². The van der Waals surface area contributed by atoms with Gasteiger partial charge in [0.15, 0.2) is 0 Å². The number of rotatable bonds is 6. The molecule has 2 aliphatic rings. The topological polar surface area (TPSA) is 15.3 Å². The third-order valence-electron chi connectivity index (χ3n) is 5.86.